The van der Waals surface area contributed by atoms with Gasteiger partial charge >= 0.3 is 0 Å². The van der Waals surface area contributed by atoms with Crippen LogP contribution in [0.3, 0.4) is 0 Å². The van der Waals surface area contributed by atoms with Crippen molar-refractivity contribution < 1.29 is 4.79 Å². The highest BCUT2D eigenvalue weighted by Crippen LogP contribution is 2.29. The molecule has 1 aliphatic rings. The molecular weight excluding hydrogens is 276 g/mol. The van der Waals surface area contributed by atoms with Gasteiger partial charge in [0.05, 0.1) is 12.1 Å². The van der Waals surface area contributed by atoms with E-state index in [1.165, 1.54) is 0 Å². The number of hydrogen-bond donors (Lipinski definition) is 2. The molecule has 1 heterocycles. The van der Waals surface area contributed by atoms with Gasteiger partial charge in [0, 0.05) is 14.7 Å². The van der Waals surface area contributed by atoms with Gasteiger partial charge in [-0.15, -0.1) is 11.3 Å². The lowest BCUT2D eigenvalue weighted by atomic mass is 9.77. The van der Waals surface area contributed by atoms with Gasteiger partial charge in [-0.25, -0.2) is 0 Å². The largest absolute Gasteiger partial charge is 0.350 e. The van der Waals surface area contributed by atoms with E-state index in [9.17, 15) is 4.79 Å². The van der Waals surface area contributed by atoms with Crippen molar-refractivity contribution in [3.8, 4) is 0 Å². The standard InChI is InChI=1S/C10H13BrN2OS/c11-7-4-8(15-6-7)5-13-9(14)10(12)2-1-3-10/h4,6H,1-3,5,12H2,(H,13,14). The van der Waals surface area contributed by atoms with Crippen LogP contribution in [-0.4, -0.2) is 11.4 Å². The van der Waals surface area contributed by atoms with Crippen LogP contribution in [-0.2, 0) is 11.3 Å². The number of rotatable bonds is 3. The van der Waals surface area contributed by atoms with Crippen molar-refractivity contribution in [2.75, 3.05) is 0 Å². The van der Waals surface area contributed by atoms with E-state index < -0.39 is 5.54 Å². The number of hydrogen-bond acceptors (Lipinski definition) is 3. The van der Waals surface area contributed by atoms with Crippen LogP contribution in [0.5, 0.6) is 0 Å². The second-order valence-corrected chi connectivity index (χ2v) is 5.84. The molecule has 82 valence electrons. The van der Waals surface area contributed by atoms with Gasteiger partial charge in [-0.05, 0) is 41.3 Å². The van der Waals surface area contributed by atoms with Crippen LogP contribution in [0.15, 0.2) is 15.9 Å². The lowest BCUT2D eigenvalue weighted by molar-refractivity contribution is -0.129. The molecule has 1 aromatic rings. The van der Waals surface area contributed by atoms with Gasteiger partial charge in [-0.2, -0.15) is 0 Å². The fraction of sp³-hybridized carbons (Fsp3) is 0.500. The molecule has 0 bridgehead atoms. The molecule has 5 heteroatoms. The van der Waals surface area contributed by atoms with Crippen molar-refractivity contribution in [3.63, 3.8) is 0 Å². The Labute approximate surface area is 101 Å². The second kappa shape index (κ2) is 4.23. The number of nitrogens with two attached hydrogens (primary N) is 1. The highest BCUT2D eigenvalue weighted by atomic mass is 79.9. The molecule has 1 aromatic heterocycles. The van der Waals surface area contributed by atoms with Crippen LogP contribution in [0.2, 0.25) is 0 Å². The van der Waals surface area contributed by atoms with Crippen molar-refractivity contribution >= 4 is 33.2 Å². The van der Waals surface area contributed by atoms with Crippen molar-refractivity contribution in [1.29, 1.82) is 0 Å². The summed E-state index contributed by atoms with van der Waals surface area (Å²) in [5, 5.41) is 4.88. The van der Waals surface area contributed by atoms with Crippen molar-refractivity contribution in [3.05, 3.63) is 20.8 Å². The molecule has 0 aliphatic heterocycles. The van der Waals surface area contributed by atoms with Gasteiger partial charge < -0.3 is 11.1 Å². The second-order valence-electron chi connectivity index (χ2n) is 3.92. The van der Waals surface area contributed by atoms with E-state index in [0.717, 1.165) is 28.6 Å². The van der Waals surface area contributed by atoms with Gasteiger partial charge in [-0.3, -0.25) is 4.79 Å². The van der Waals surface area contributed by atoms with E-state index in [0.29, 0.717) is 6.54 Å². The van der Waals surface area contributed by atoms with Gasteiger partial charge in [0.25, 0.3) is 0 Å². The number of thiophene rings is 1. The van der Waals surface area contributed by atoms with E-state index >= 15 is 0 Å². The molecule has 3 N–H and O–H groups in total. The van der Waals surface area contributed by atoms with E-state index in [-0.39, 0.29) is 5.91 Å². The lowest BCUT2D eigenvalue weighted by Crippen LogP contribution is -2.58. The summed E-state index contributed by atoms with van der Waals surface area (Å²) in [7, 11) is 0. The van der Waals surface area contributed by atoms with E-state index in [1.807, 2.05) is 11.4 Å². The minimum Gasteiger partial charge on any atom is -0.350 e. The molecule has 0 spiro atoms. The zero-order valence-electron chi connectivity index (χ0n) is 8.25. The Balaban J connectivity index is 1.85. The first-order valence-corrected chi connectivity index (χ1v) is 6.57. The average molecular weight is 289 g/mol. The van der Waals surface area contributed by atoms with Crippen LogP contribution in [0, 0.1) is 0 Å². The third-order valence-corrected chi connectivity index (χ3v) is 4.44. The molecular formula is C10H13BrN2OS. The summed E-state index contributed by atoms with van der Waals surface area (Å²) in [6.07, 6.45) is 2.69. The third-order valence-electron chi connectivity index (χ3n) is 2.74. The maximum atomic E-state index is 11.7. The predicted octanol–water partition coefficient (Wildman–Crippen LogP) is 2.01. The Kier molecular flexibility index (Phi) is 3.13. The monoisotopic (exact) mass is 288 g/mol. The van der Waals surface area contributed by atoms with E-state index in [4.69, 9.17) is 5.73 Å². The molecule has 0 atom stereocenters. The Hall–Kier alpha value is -0.390. The predicted molar refractivity (Wildman–Crippen MR) is 64.6 cm³/mol. The molecule has 1 saturated carbocycles. The first-order chi connectivity index (χ1) is 7.10. The summed E-state index contributed by atoms with van der Waals surface area (Å²) in [5.41, 5.74) is 5.31. The molecule has 3 nitrogen and oxygen atoms in total. The molecule has 1 amide bonds. The summed E-state index contributed by atoms with van der Waals surface area (Å²) < 4.78 is 1.06. The summed E-state index contributed by atoms with van der Waals surface area (Å²) >= 11 is 5.00. The smallest absolute Gasteiger partial charge is 0.240 e. The highest BCUT2D eigenvalue weighted by Gasteiger charge is 2.39. The van der Waals surface area contributed by atoms with Crippen LogP contribution < -0.4 is 11.1 Å². The Morgan fingerprint density at radius 1 is 1.67 bits per heavy atom. The Bertz CT molecular complexity index is 373. The zero-order chi connectivity index (χ0) is 10.9. The van der Waals surface area contributed by atoms with Gasteiger partial charge in [0.15, 0.2) is 0 Å². The summed E-state index contributed by atoms with van der Waals surface area (Å²) in [5.74, 6) is -0.0155. The van der Waals surface area contributed by atoms with E-state index in [1.54, 1.807) is 11.3 Å². The van der Waals surface area contributed by atoms with Crippen LogP contribution in [0.4, 0.5) is 0 Å². The minimum atomic E-state index is -0.589. The van der Waals surface area contributed by atoms with Gasteiger partial charge in [0.2, 0.25) is 5.91 Å². The highest BCUT2D eigenvalue weighted by molar-refractivity contribution is 9.10. The number of halogens is 1. The molecule has 2 rings (SSSR count). The number of carbonyl (C=O) groups excluding carboxylic acids is 1. The normalized spacial score (nSPS) is 18.3. The third kappa shape index (κ3) is 2.41. The molecule has 0 radical (unpaired) electrons. The topological polar surface area (TPSA) is 55.1 Å². The quantitative estimate of drug-likeness (QED) is 0.894. The molecule has 0 unspecified atom stereocenters. The summed E-state index contributed by atoms with van der Waals surface area (Å²) in [4.78, 5) is 12.8. The van der Waals surface area contributed by atoms with Crippen molar-refractivity contribution in [1.82, 2.24) is 5.32 Å². The Morgan fingerprint density at radius 3 is 2.87 bits per heavy atom. The summed E-state index contributed by atoms with van der Waals surface area (Å²) in [6.45, 7) is 0.577. The Morgan fingerprint density at radius 2 is 2.40 bits per heavy atom. The van der Waals surface area contributed by atoms with Crippen LogP contribution in [0.1, 0.15) is 24.1 Å². The average Bonchev–Trinajstić information content (AvgIpc) is 2.57. The van der Waals surface area contributed by atoms with Gasteiger partial charge in [-0.1, -0.05) is 0 Å². The fourth-order valence-corrected chi connectivity index (χ4v) is 2.97. The first-order valence-electron chi connectivity index (χ1n) is 4.90. The lowest BCUT2D eigenvalue weighted by Gasteiger charge is -2.36. The molecule has 1 aliphatic carbocycles. The van der Waals surface area contributed by atoms with Crippen molar-refractivity contribution in [2.45, 2.75) is 31.3 Å². The minimum absolute atomic E-state index is 0.0155. The van der Waals surface area contributed by atoms with Crippen molar-refractivity contribution in [2.24, 2.45) is 5.73 Å². The van der Waals surface area contributed by atoms with E-state index in [2.05, 4.69) is 21.2 Å². The van der Waals surface area contributed by atoms with Crippen LogP contribution in [0.25, 0.3) is 0 Å². The first kappa shape index (κ1) is 11.1. The fourth-order valence-electron chi connectivity index (χ4n) is 1.57. The molecule has 15 heavy (non-hydrogen) atoms. The SMILES string of the molecule is NC1(C(=O)NCc2cc(Br)cs2)CCC1. The maximum Gasteiger partial charge on any atom is 0.240 e. The molecule has 0 aromatic carbocycles. The number of nitrogens with one attached hydrogen (secondary N) is 1. The summed E-state index contributed by atoms with van der Waals surface area (Å²) in [6, 6.07) is 2.01. The number of carbonyl (C=O) groups is 1. The zero-order valence-corrected chi connectivity index (χ0v) is 10.7. The maximum absolute atomic E-state index is 11.7. The molecule has 1 fully saturated rings. The molecule has 0 saturated heterocycles. The van der Waals surface area contributed by atoms with Gasteiger partial charge in [0.1, 0.15) is 0 Å². The number of amides is 1. The van der Waals surface area contributed by atoms with Crippen LogP contribution >= 0.6 is 27.3 Å².